The molecule has 7 nitrogen and oxygen atoms in total. The smallest absolute Gasteiger partial charge is 0.260 e. The van der Waals surface area contributed by atoms with Gasteiger partial charge in [0, 0.05) is 30.4 Å². The standard InChI is InChI=1S/C18H18FN5O2S/c1-12(9-24-7-6-20-11-24)21-16(25)8-13-10-27-18(22-13)23-17(26)14-4-2-3-5-15(14)19/h2-7,10-12H,8-9H2,1H3,(H,21,25)(H,22,23,26). The van der Waals surface area contributed by atoms with E-state index in [1.165, 1.54) is 29.5 Å². The van der Waals surface area contributed by atoms with Crippen LogP contribution in [0.2, 0.25) is 0 Å². The van der Waals surface area contributed by atoms with E-state index in [9.17, 15) is 14.0 Å². The first-order valence-electron chi connectivity index (χ1n) is 8.26. The van der Waals surface area contributed by atoms with Crippen molar-refractivity contribution in [1.29, 1.82) is 0 Å². The van der Waals surface area contributed by atoms with Crippen molar-refractivity contribution in [3.63, 3.8) is 0 Å². The average molecular weight is 387 g/mol. The van der Waals surface area contributed by atoms with Gasteiger partial charge in [0.05, 0.1) is 24.0 Å². The highest BCUT2D eigenvalue weighted by Gasteiger charge is 2.15. The summed E-state index contributed by atoms with van der Waals surface area (Å²) in [5, 5.41) is 7.45. The summed E-state index contributed by atoms with van der Waals surface area (Å²) in [6.45, 7) is 2.52. The molecule has 140 valence electrons. The Hall–Kier alpha value is -3.07. The number of nitrogens with zero attached hydrogens (tertiary/aromatic N) is 3. The zero-order chi connectivity index (χ0) is 19.2. The summed E-state index contributed by atoms with van der Waals surface area (Å²) in [7, 11) is 0. The Kier molecular flexibility index (Phi) is 5.92. The van der Waals surface area contributed by atoms with Gasteiger partial charge in [0.15, 0.2) is 5.13 Å². The van der Waals surface area contributed by atoms with E-state index in [1.54, 1.807) is 24.0 Å². The van der Waals surface area contributed by atoms with Gasteiger partial charge >= 0.3 is 0 Å². The van der Waals surface area contributed by atoms with Gasteiger partial charge in [0.1, 0.15) is 5.82 Å². The summed E-state index contributed by atoms with van der Waals surface area (Å²) in [6.07, 6.45) is 5.29. The highest BCUT2D eigenvalue weighted by molar-refractivity contribution is 7.14. The lowest BCUT2D eigenvalue weighted by molar-refractivity contribution is -0.121. The van der Waals surface area contributed by atoms with Gasteiger partial charge in [0.2, 0.25) is 5.91 Å². The van der Waals surface area contributed by atoms with Crippen LogP contribution in [0.4, 0.5) is 9.52 Å². The number of nitrogens with one attached hydrogen (secondary N) is 2. The fraction of sp³-hybridized carbons (Fsp3) is 0.222. The summed E-state index contributed by atoms with van der Waals surface area (Å²) in [5.74, 6) is -1.34. The van der Waals surface area contributed by atoms with Crippen molar-refractivity contribution in [2.24, 2.45) is 0 Å². The van der Waals surface area contributed by atoms with E-state index in [4.69, 9.17) is 0 Å². The van der Waals surface area contributed by atoms with Crippen LogP contribution in [-0.4, -0.2) is 32.4 Å². The second kappa shape index (κ2) is 8.54. The number of carbonyl (C=O) groups excluding carboxylic acids is 2. The fourth-order valence-corrected chi connectivity index (χ4v) is 3.21. The zero-order valence-electron chi connectivity index (χ0n) is 14.6. The topological polar surface area (TPSA) is 88.9 Å². The number of rotatable bonds is 7. The molecular weight excluding hydrogens is 369 g/mol. The van der Waals surface area contributed by atoms with Crippen LogP contribution >= 0.6 is 11.3 Å². The van der Waals surface area contributed by atoms with Crippen molar-refractivity contribution in [2.45, 2.75) is 25.9 Å². The molecule has 3 aromatic rings. The van der Waals surface area contributed by atoms with Gasteiger partial charge in [-0.05, 0) is 19.1 Å². The number of aromatic nitrogens is 3. The number of hydrogen-bond acceptors (Lipinski definition) is 5. The molecule has 9 heteroatoms. The van der Waals surface area contributed by atoms with E-state index in [2.05, 4.69) is 20.6 Å². The summed E-state index contributed by atoms with van der Waals surface area (Å²) in [4.78, 5) is 32.4. The number of imidazole rings is 1. The number of thiazole rings is 1. The monoisotopic (exact) mass is 387 g/mol. The molecule has 27 heavy (non-hydrogen) atoms. The van der Waals surface area contributed by atoms with Crippen LogP contribution in [0.5, 0.6) is 0 Å². The summed E-state index contributed by atoms with van der Waals surface area (Å²) in [6, 6.07) is 5.65. The first-order valence-corrected chi connectivity index (χ1v) is 9.14. The Labute approximate surface area is 159 Å². The van der Waals surface area contributed by atoms with Crippen LogP contribution in [0.1, 0.15) is 23.0 Å². The van der Waals surface area contributed by atoms with Crippen molar-refractivity contribution in [2.75, 3.05) is 5.32 Å². The van der Waals surface area contributed by atoms with E-state index in [1.807, 2.05) is 17.7 Å². The van der Waals surface area contributed by atoms with Crippen LogP contribution < -0.4 is 10.6 Å². The second-order valence-electron chi connectivity index (χ2n) is 5.98. The predicted molar refractivity (Wildman–Crippen MR) is 100 cm³/mol. The highest BCUT2D eigenvalue weighted by Crippen LogP contribution is 2.17. The third-order valence-electron chi connectivity index (χ3n) is 3.68. The van der Waals surface area contributed by atoms with Crippen molar-refractivity contribution in [3.8, 4) is 0 Å². The van der Waals surface area contributed by atoms with Crippen LogP contribution in [-0.2, 0) is 17.8 Å². The maximum absolute atomic E-state index is 13.6. The lowest BCUT2D eigenvalue weighted by Gasteiger charge is -2.13. The number of anilines is 1. The predicted octanol–water partition coefficient (Wildman–Crippen LogP) is 2.48. The van der Waals surface area contributed by atoms with E-state index in [-0.39, 0.29) is 23.9 Å². The molecule has 0 aliphatic carbocycles. The van der Waals surface area contributed by atoms with Crippen molar-refractivity contribution < 1.29 is 14.0 Å². The Morgan fingerprint density at radius 3 is 2.89 bits per heavy atom. The van der Waals surface area contributed by atoms with Gasteiger partial charge in [-0.1, -0.05) is 12.1 Å². The van der Waals surface area contributed by atoms with Crippen LogP contribution in [0.15, 0.2) is 48.4 Å². The normalized spacial score (nSPS) is 11.8. The minimum atomic E-state index is -0.599. The van der Waals surface area contributed by atoms with Gasteiger partial charge < -0.3 is 9.88 Å². The lowest BCUT2D eigenvalue weighted by Crippen LogP contribution is -2.36. The Bertz CT molecular complexity index is 925. The molecule has 0 fully saturated rings. The number of hydrogen-bond donors (Lipinski definition) is 2. The molecule has 2 N–H and O–H groups in total. The summed E-state index contributed by atoms with van der Waals surface area (Å²) in [5.41, 5.74) is 0.483. The molecule has 2 aromatic heterocycles. The molecule has 0 saturated heterocycles. The molecule has 1 atom stereocenters. The summed E-state index contributed by atoms with van der Waals surface area (Å²) < 4.78 is 15.5. The fourth-order valence-electron chi connectivity index (χ4n) is 2.50. The van der Waals surface area contributed by atoms with Gasteiger partial charge in [-0.2, -0.15) is 0 Å². The van der Waals surface area contributed by atoms with Crippen molar-refractivity contribution in [1.82, 2.24) is 19.9 Å². The van der Waals surface area contributed by atoms with E-state index in [0.717, 1.165) is 0 Å². The van der Waals surface area contributed by atoms with Crippen molar-refractivity contribution >= 4 is 28.3 Å². The van der Waals surface area contributed by atoms with E-state index in [0.29, 0.717) is 17.4 Å². The van der Waals surface area contributed by atoms with E-state index < -0.39 is 11.7 Å². The van der Waals surface area contributed by atoms with Gasteiger partial charge in [-0.25, -0.2) is 14.4 Å². The molecule has 0 saturated carbocycles. The van der Waals surface area contributed by atoms with Crippen LogP contribution in [0, 0.1) is 5.82 Å². The molecule has 0 bridgehead atoms. The molecule has 0 spiro atoms. The largest absolute Gasteiger partial charge is 0.352 e. The number of benzene rings is 1. The average Bonchev–Trinajstić information content (AvgIpc) is 3.27. The molecule has 2 amide bonds. The Balaban J connectivity index is 1.52. The summed E-state index contributed by atoms with van der Waals surface area (Å²) >= 11 is 1.19. The number of amides is 2. The SMILES string of the molecule is CC(Cn1ccnc1)NC(=O)Cc1csc(NC(=O)c2ccccc2F)n1. The van der Waals surface area contributed by atoms with Crippen molar-refractivity contribution in [3.05, 3.63) is 65.4 Å². The maximum Gasteiger partial charge on any atom is 0.260 e. The van der Waals surface area contributed by atoms with Crippen LogP contribution in [0.3, 0.4) is 0 Å². The molecule has 0 radical (unpaired) electrons. The molecule has 1 unspecified atom stereocenters. The first kappa shape index (κ1) is 18.7. The molecule has 0 aliphatic rings. The zero-order valence-corrected chi connectivity index (χ0v) is 15.4. The molecule has 1 aromatic carbocycles. The van der Waals surface area contributed by atoms with E-state index >= 15 is 0 Å². The van der Waals surface area contributed by atoms with Gasteiger partial charge in [-0.3, -0.25) is 14.9 Å². The Morgan fingerprint density at radius 2 is 2.15 bits per heavy atom. The highest BCUT2D eigenvalue weighted by atomic mass is 32.1. The van der Waals surface area contributed by atoms with Crippen LogP contribution in [0.25, 0.3) is 0 Å². The minimum Gasteiger partial charge on any atom is -0.352 e. The molecule has 0 aliphatic heterocycles. The molecular formula is C18H18FN5O2S. The second-order valence-corrected chi connectivity index (χ2v) is 6.84. The molecule has 2 heterocycles. The van der Waals surface area contributed by atoms with Gasteiger partial charge in [0.25, 0.3) is 5.91 Å². The number of carbonyl (C=O) groups is 2. The Morgan fingerprint density at radius 1 is 1.33 bits per heavy atom. The van der Waals surface area contributed by atoms with Gasteiger partial charge in [-0.15, -0.1) is 11.3 Å². The lowest BCUT2D eigenvalue weighted by atomic mass is 10.2. The number of halogens is 1. The maximum atomic E-state index is 13.6. The minimum absolute atomic E-state index is 0.0553. The first-order chi connectivity index (χ1) is 13.0. The quantitative estimate of drug-likeness (QED) is 0.652. The third kappa shape index (κ3) is 5.20. The molecule has 3 rings (SSSR count). The third-order valence-corrected chi connectivity index (χ3v) is 4.49.